The molecule has 4 aromatic rings. The van der Waals surface area contributed by atoms with Crippen molar-refractivity contribution in [3.8, 4) is 0 Å². The molecule has 22 heteroatoms. The van der Waals surface area contributed by atoms with Crippen LogP contribution < -0.4 is 21.8 Å². The minimum Gasteiger partial charge on any atom is -0.396 e. The molecule has 4 bridgehead atoms. The van der Waals surface area contributed by atoms with Gasteiger partial charge in [-0.2, -0.15) is 8.61 Å². The van der Waals surface area contributed by atoms with Crippen LogP contribution in [0.4, 0.5) is 17.6 Å². The van der Waals surface area contributed by atoms with Crippen LogP contribution in [-0.2, 0) is 55.8 Å². The van der Waals surface area contributed by atoms with Crippen LogP contribution in [0.5, 0.6) is 0 Å². The van der Waals surface area contributed by atoms with E-state index in [9.17, 15) is 63.8 Å². The maximum absolute atomic E-state index is 13.5. The van der Waals surface area contributed by atoms with E-state index >= 15 is 0 Å². The highest BCUT2D eigenvalue weighted by Crippen LogP contribution is 2.51. The third-order valence-corrected chi connectivity index (χ3v) is 15.4. The van der Waals surface area contributed by atoms with Gasteiger partial charge in [0.15, 0.2) is 0 Å². The molecule has 0 radical (unpaired) electrons. The number of aromatic nitrogens is 2. The lowest BCUT2D eigenvalue weighted by atomic mass is 9.86. The van der Waals surface area contributed by atoms with Gasteiger partial charge in [-0.25, -0.2) is 34.4 Å². The number of allylic oxidation sites excluding steroid dienone is 2. The molecule has 6 heterocycles. The summed E-state index contributed by atoms with van der Waals surface area (Å²) in [5.74, 6) is -7.91. The molecule has 0 unspecified atom stereocenters. The predicted molar refractivity (Wildman–Crippen MR) is 242 cm³/mol. The lowest BCUT2D eigenvalue weighted by molar-refractivity contribution is -0.128. The van der Waals surface area contributed by atoms with Gasteiger partial charge in [0, 0.05) is 98.0 Å². The number of halogens is 4. The average Bonchev–Trinajstić information content (AvgIpc) is 3.67. The number of carbonyl (C=O) groups is 2. The number of nitrogens with zero attached hydrogens (tertiary/aromatic N) is 4. The molecule has 2 aromatic carbocycles. The quantitative estimate of drug-likeness (QED) is 0.152. The fraction of sp³-hybridized carbons (Fsp3) is 0.391. The highest BCUT2D eigenvalue weighted by Gasteiger charge is 2.60. The van der Waals surface area contributed by atoms with Crippen LogP contribution in [0, 0.1) is 46.9 Å². The number of hydrogen-bond acceptors (Lipinski definition) is 10. The number of nitrogens with one attached hydrogen (secondary N) is 2. The molecule has 4 aliphatic rings. The Morgan fingerprint density at radius 2 is 0.956 bits per heavy atom. The molecule has 2 aromatic heterocycles. The first-order valence-corrected chi connectivity index (χ1v) is 25.2. The number of amides is 2. The number of rotatable bonds is 12. The second-order valence-corrected chi connectivity index (χ2v) is 21.0. The number of benzene rings is 2. The van der Waals surface area contributed by atoms with Gasteiger partial charge in [-0.3, -0.25) is 19.2 Å². The van der Waals surface area contributed by atoms with Crippen molar-refractivity contribution in [2.75, 3.05) is 25.7 Å². The van der Waals surface area contributed by atoms with Gasteiger partial charge in [-0.15, -0.1) is 0 Å². The zero-order chi connectivity index (χ0) is 49.6. The van der Waals surface area contributed by atoms with Gasteiger partial charge in [0.1, 0.15) is 23.3 Å². The minimum atomic E-state index is -3.81. The standard InChI is InChI=1S/2C23H25F2N3O5S/c2*1-3-4-14-5-6-18-21-20(22(30)26-10-13-7-15(24)9-16(25)8-13)17(12-29)19(11-27(18)23(14)31)28(21)34(2,32)33/h2*3-9,17,19-21,29H,10-12H2,1-2H3,(H,26,30)/b4-3+;4-3-/t2*17-,19-,20+,21+/m11/s1. The highest BCUT2D eigenvalue weighted by atomic mass is 32.2. The Labute approximate surface area is 389 Å². The molecule has 16 nitrogen and oxygen atoms in total. The molecular formula is C46H50F4N6O10S2. The minimum absolute atomic E-state index is 0.00670. The Kier molecular flexibility index (Phi) is 14.5. The average molecular weight is 987 g/mol. The Bertz CT molecular complexity index is 2810. The molecule has 8 atom stereocenters. The van der Waals surface area contributed by atoms with Gasteiger partial charge in [0.05, 0.1) is 36.4 Å². The second-order valence-electron chi connectivity index (χ2n) is 17.2. The summed E-state index contributed by atoms with van der Waals surface area (Å²) in [6.45, 7) is 2.18. The Balaban J connectivity index is 0.000000201. The van der Waals surface area contributed by atoms with Crippen molar-refractivity contribution in [2.24, 2.45) is 23.7 Å². The Hall–Kier alpha value is -5.78. The van der Waals surface area contributed by atoms with E-state index in [1.54, 1.807) is 62.4 Å². The number of pyridine rings is 2. The normalized spacial score (nSPS) is 24.4. The first-order chi connectivity index (χ1) is 32.1. The Morgan fingerprint density at radius 1 is 0.618 bits per heavy atom. The van der Waals surface area contributed by atoms with Crippen LogP contribution in [0.25, 0.3) is 12.2 Å². The van der Waals surface area contributed by atoms with Crippen molar-refractivity contribution in [1.29, 1.82) is 0 Å². The molecule has 0 spiro atoms. The van der Waals surface area contributed by atoms with Gasteiger partial charge in [0.25, 0.3) is 11.1 Å². The summed E-state index contributed by atoms with van der Waals surface area (Å²) in [5.41, 5.74) is 1.32. The van der Waals surface area contributed by atoms with E-state index in [2.05, 4.69) is 10.6 Å². The zero-order valence-corrected chi connectivity index (χ0v) is 38.9. The van der Waals surface area contributed by atoms with Crippen molar-refractivity contribution in [3.63, 3.8) is 0 Å². The topological polar surface area (TPSA) is 217 Å². The summed E-state index contributed by atoms with van der Waals surface area (Å²) in [6.07, 6.45) is 8.77. The zero-order valence-electron chi connectivity index (χ0n) is 37.2. The van der Waals surface area contributed by atoms with Crippen molar-refractivity contribution in [2.45, 2.75) is 64.2 Å². The lowest BCUT2D eigenvalue weighted by Gasteiger charge is -2.36. The van der Waals surface area contributed by atoms with Crippen LogP contribution in [-0.4, -0.2) is 94.4 Å². The molecule has 4 N–H and O–H groups in total. The van der Waals surface area contributed by atoms with Crippen molar-refractivity contribution < 1.29 is 54.2 Å². The van der Waals surface area contributed by atoms with Crippen LogP contribution in [0.3, 0.4) is 0 Å². The van der Waals surface area contributed by atoms with Gasteiger partial charge in [-0.05, 0) is 73.5 Å². The van der Waals surface area contributed by atoms with E-state index in [0.717, 1.165) is 36.8 Å². The fourth-order valence-corrected chi connectivity index (χ4v) is 13.0. The molecule has 68 heavy (non-hydrogen) atoms. The van der Waals surface area contributed by atoms with E-state index in [0.29, 0.717) is 34.6 Å². The largest absolute Gasteiger partial charge is 0.396 e. The number of carbonyl (C=O) groups excluding carboxylic acids is 2. The third kappa shape index (κ3) is 9.61. The molecule has 8 rings (SSSR count). The van der Waals surface area contributed by atoms with Crippen LogP contribution in [0.15, 0.2) is 82.4 Å². The van der Waals surface area contributed by atoms with Crippen LogP contribution in [0.1, 0.15) is 59.6 Å². The molecule has 4 aliphatic heterocycles. The predicted octanol–water partition coefficient (Wildman–Crippen LogP) is 2.80. The fourth-order valence-electron chi connectivity index (χ4n) is 10.3. The van der Waals surface area contributed by atoms with E-state index in [-0.39, 0.29) is 48.4 Å². The van der Waals surface area contributed by atoms with Gasteiger partial charge in [0.2, 0.25) is 31.9 Å². The molecule has 2 fully saturated rings. The monoisotopic (exact) mass is 986 g/mol. The summed E-state index contributed by atoms with van der Waals surface area (Å²) in [4.78, 5) is 52.7. The summed E-state index contributed by atoms with van der Waals surface area (Å²) in [5, 5.41) is 25.6. The smallest absolute Gasteiger partial charge is 0.258 e. The Morgan fingerprint density at radius 3 is 1.25 bits per heavy atom. The van der Waals surface area contributed by atoms with Gasteiger partial charge < -0.3 is 30.0 Å². The maximum atomic E-state index is 13.5. The summed E-state index contributed by atoms with van der Waals surface area (Å²) in [7, 11) is -7.62. The van der Waals surface area contributed by atoms with E-state index < -0.39 is 116 Å². The number of sulfonamides is 2. The number of fused-ring (bicyclic) bond motifs is 8. The van der Waals surface area contributed by atoms with Crippen LogP contribution in [0.2, 0.25) is 0 Å². The number of aliphatic hydroxyl groups is 2. The molecular weight excluding hydrogens is 937 g/mol. The molecule has 0 saturated carbocycles. The van der Waals surface area contributed by atoms with E-state index in [4.69, 9.17) is 0 Å². The summed E-state index contributed by atoms with van der Waals surface area (Å²) in [6, 6.07) is 8.53. The SMILES string of the molecule is C/C=C/c1ccc2n(c1=O)C[C@@H]1[C@@H](CO)[C@H](C(=O)NCc3cc(F)cc(F)c3)[C@H]2N1S(C)(=O)=O.C/C=C\c1ccc2n(c1=O)C[C@@H]1[C@@H](CO)[C@H](C(=O)NCc3cc(F)cc(F)c3)[C@H]2N1S(C)(=O)=O. The van der Waals surface area contributed by atoms with Crippen molar-refractivity contribution in [3.05, 3.63) is 150 Å². The number of hydrogen-bond donors (Lipinski definition) is 4. The third-order valence-electron chi connectivity index (χ3n) is 12.9. The lowest BCUT2D eigenvalue weighted by Crippen LogP contribution is -2.49. The van der Waals surface area contributed by atoms with E-state index in [1.165, 1.54) is 17.7 Å². The molecule has 364 valence electrons. The first-order valence-electron chi connectivity index (χ1n) is 21.5. The maximum Gasteiger partial charge on any atom is 0.258 e. The number of aliphatic hydroxyl groups excluding tert-OH is 2. The van der Waals surface area contributed by atoms with Crippen LogP contribution >= 0.6 is 0 Å². The summed E-state index contributed by atoms with van der Waals surface area (Å²) < 4.78 is 110. The van der Waals surface area contributed by atoms with Crippen molar-refractivity contribution in [1.82, 2.24) is 28.4 Å². The van der Waals surface area contributed by atoms with Gasteiger partial charge >= 0.3 is 0 Å². The molecule has 2 saturated heterocycles. The first kappa shape index (κ1) is 50.1. The van der Waals surface area contributed by atoms with E-state index in [1.807, 2.05) is 0 Å². The molecule has 2 amide bonds. The molecule has 0 aliphatic carbocycles. The van der Waals surface area contributed by atoms with Gasteiger partial charge in [-0.1, -0.05) is 24.3 Å². The summed E-state index contributed by atoms with van der Waals surface area (Å²) >= 11 is 0. The second kappa shape index (κ2) is 19.7. The highest BCUT2D eigenvalue weighted by molar-refractivity contribution is 7.88. The van der Waals surface area contributed by atoms with Crippen molar-refractivity contribution >= 4 is 44.0 Å².